The molecule has 0 aliphatic rings. The Labute approximate surface area is 90.2 Å². The van der Waals surface area contributed by atoms with Crippen LogP contribution in [0.1, 0.15) is 11.5 Å². The van der Waals surface area contributed by atoms with Crippen LogP contribution < -0.4 is 0 Å². The van der Waals surface area contributed by atoms with E-state index >= 15 is 0 Å². The van der Waals surface area contributed by atoms with Gasteiger partial charge in [0.1, 0.15) is 5.69 Å². The van der Waals surface area contributed by atoms with Crippen molar-refractivity contribution < 1.29 is 18.1 Å². The molecule has 1 aromatic heterocycles. The quantitative estimate of drug-likeness (QED) is 0.476. The first-order chi connectivity index (χ1) is 6.79. The lowest BCUT2D eigenvalue weighted by Gasteiger charge is -2.02. The van der Waals surface area contributed by atoms with Crippen LogP contribution in [0.2, 0.25) is 0 Å². The van der Waals surface area contributed by atoms with Gasteiger partial charge in [-0.2, -0.15) is 13.2 Å². The minimum absolute atomic E-state index is 0.0666. The van der Waals surface area contributed by atoms with Gasteiger partial charge >= 0.3 is 17.8 Å². The Morgan fingerprint density at radius 3 is 2.40 bits per heavy atom. The zero-order valence-corrected chi connectivity index (χ0v) is 8.96. The Kier molecular flexibility index (Phi) is 3.03. The van der Waals surface area contributed by atoms with Crippen LogP contribution in [0.3, 0.4) is 0 Å². The van der Waals surface area contributed by atoms with Crippen molar-refractivity contribution in [2.45, 2.75) is 11.5 Å². The van der Waals surface area contributed by atoms with E-state index in [2.05, 4.69) is 20.9 Å². The third kappa shape index (κ3) is 2.11. The van der Waals surface area contributed by atoms with Gasteiger partial charge in [-0.3, -0.25) is 4.57 Å². The fraction of sp³-hybridized carbons (Fsp3) is 0.500. The molecule has 0 aromatic carbocycles. The number of halogens is 4. The van der Waals surface area contributed by atoms with E-state index in [-0.39, 0.29) is 11.0 Å². The molecule has 0 spiro atoms. The molecule has 0 unspecified atom stereocenters. The van der Waals surface area contributed by atoms with Crippen molar-refractivity contribution in [3.05, 3.63) is 21.6 Å². The molecule has 0 bridgehead atoms. The largest absolute Gasteiger partial charge is 0.475 e. The van der Waals surface area contributed by atoms with E-state index in [1.807, 2.05) is 0 Å². The topological polar surface area (TPSA) is 61.0 Å². The molecule has 0 aliphatic heterocycles. The Bertz CT molecular complexity index is 401. The summed E-state index contributed by atoms with van der Waals surface area (Å²) in [6.07, 6.45) is -4.69. The van der Waals surface area contributed by atoms with Gasteiger partial charge in [0.05, 0.1) is 5.33 Å². The third-order valence-electron chi connectivity index (χ3n) is 1.75. The molecule has 0 saturated heterocycles. The zero-order valence-electron chi connectivity index (χ0n) is 7.38. The molecular formula is C6H5BrF3N3O2. The van der Waals surface area contributed by atoms with Gasteiger partial charge in [0.15, 0.2) is 0 Å². The summed E-state index contributed by atoms with van der Waals surface area (Å²) in [5.74, 6) is -2.05. The molecule has 0 N–H and O–H groups in total. The number of rotatable bonds is 2. The minimum atomic E-state index is -4.69. The molecule has 0 aliphatic carbocycles. The van der Waals surface area contributed by atoms with Crippen molar-refractivity contribution in [3.63, 3.8) is 0 Å². The number of nitrogens with zero attached hydrogens (tertiary/aromatic N) is 3. The predicted octanol–water partition coefficient (Wildman–Crippen LogP) is 2.24. The fourth-order valence-electron chi connectivity index (χ4n) is 1.07. The number of aromatic nitrogens is 2. The summed E-state index contributed by atoms with van der Waals surface area (Å²) >= 11 is 2.87. The van der Waals surface area contributed by atoms with Gasteiger partial charge in [0.2, 0.25) is 0 Å². The summed E-state index contributed by atoms with van der Waals surface area (Å²) in [6, 6.07) is 0. The molecule has 1 rings (SSSR count). The van der Waals surface area contributed by atoms with Gasteiger partial charge in [-0.25, -0.2) is 0 Å². The van der Waals surface area contributed by atoms with Gasteiger partial charge in [-0.1, -0.05) is 15.9 Å². The minimum Gasteiger partial charge on any atom is -0.358 e. The van der Waals surface area contributed by atoms with Crippen LogP contribution >= 0.6 is 15.9 Å². The molecule has 1 aromatic rings. The molecule has 0 amide bonds. The standard InChI is InChI=1S/C6H5BrF3N3O2/c1-12-3(2-7)4(13(14)15)11-5(12)6(8,9)10/h2H2,1H3. The smallest absolute Gasteiger partial charge is 0.358 e. The van der Waals surface area contributed by atoms with E-state index < -0.39 is 22.7 Å². The van der Waals surface area contributed by atoms with Crippen LogP contribution in [-0.4, -0.2) is 14.5 Å². The highest BCUT2D eigenvalue weighted by Gasteiger charge is 2.44. The van der Waals surface area contributed by atoms with Crippen LogP contribution in [0.5, 0.6) is 0 Å². The first-order valence-electron chi connectivity index (χ1n) is 3.62. The maximum Gasteiger partial charge on any atom is 0.475 e. The van der Waals surface area contributed by atoms with E-state index in [0.29, 0.717) is 4.57 Å². The number of alkyl halides is 4. The highest BCUT2D eigenvalue weighted by atomic mass is 79.9. The first kappa shape index (κ1) is 12.0. The molecule has 9 heteroatoms. The second-order valence-electron chi connectivity index (χ2n) is 2.65. The molecule has 0 radical (unpaired) electrons. The van der Waals surface area contributed by atoms with Gasteiger partial charge in [0.25, 0.3) is 0 Å². The summed E-state index contributed by atoms with van der Waals surface area (Å²) < 4.78 is 37.6. The van der Waals surface area contributed by atoms with Crippen LogP contribution in [0.25, 0.3) is 0 Å². The fourth-order valence-corrected chi connectivity index (χ4v) is 1.69. The van der Waals surface area contributed by atoms with Crippen molar-refractivity contribution in [2.24, 2.45) is 7.05 Å². The van der Waals surface area contributed by atoms with E-state index in [1.54, 1.807) is 0 Å². The van der Waals surface area contributed by atoms with E-state index in [9.17, 15) is 23.3 Å². The van der Waals surface area contributed by atoms with Crippen molar-refractivity contribution in [3.8, 4) is 0 Å². The summed E-state index contributed by atoms with van der Waals surface area (Å²) in [6.45, 7) is 0. The van der Waals surface area contributed by atoms with Crippen LogP contribution in [0.4, 0.5) is 19.0 Å². The van der Waals surface area contributed by atoms with Gasteiger partial charge in [0, 0.05) is 7.05 Å². The van der Waals surface area contributed by atoms with Gasteiger partial charge in [-0.05, 0) is 9.91 Å². The molecular weight excluding hydrogens is 283 g/mol. The third-order valence-corrected chi connectivity index (χ3v) is 2.28. The number of imidazole rings is 1. The lowest BCUT2D eigenvalue weighted by molar-refractivity contribution is -0.390. The lowest BCUT2D eigenvalue weighted by Crippen LogP contribution is -2.13. The summed E-state index contributed by atoms with van der Waals surface area (Å²) in [7, 11) is 1.08. The van der Waals surface area contributed by atoms with Crippen LogP contribution in [0, 0.1) is 10.1 Å². The maximum absolute atomic E-state index is 12.3. The van der Waals surface area contributed by atoms with Crippen LogP contribution in [-0.2, 0) is 18.6 Å². The predicted molar refractivity (Wildman–Crippen MR) is 47.5 cm³/mol. The van der Waals surface area contributed by atoms with Gasteiger partial charge < -0.3 is 10.1 Å². The Balaban J connectivity index is 3.40. The van der Waals surface area contributed by atoms with E-state index in [1.165, 1.54) is 0 Å². The summed E-state index contributed by atoms with van der Waals surface area (Å²) in [5.41, 5.74) is -0.118. The average Bonchev–Trinajstić information content (AvgIpc) is 2.41. The Hall–Kier alpha value is -1.12. The molecule has 0 saturated carbocycles. The van der Waals surface area contributed by atoms with Crippen molar-refractivity contribution in [1.82, 2.24) is 9.55 Å². The number of hydrogen-bond donors (Lipinski definition) is 0. The molecule has 15 heavy (non-hydrogen) atoms. The van der Waals surface area contributed by atoms with E-state index in [0.717, 1.165) is 7.05 Å². The normalized spacial score (nSPS) is 11.8. The van der Waals surface area contributed by atoms with Crippen molar-refractivity contribution in [2.75, 3.05) is 0 Å². The van der Waals surface area contributed by atoms with Crippen molar-refractivity contribution >= 4 is 21.7 Å². The molecule has 5 nitrogen and oxygen atoms in total. The Morgan fingerprint density at radius 1 is 1.60 bits per heavy atom. The highest BCUT2D eigenvalue weighted by Crippen LogP contribution is 2.32. The molecule has 0 fully saturated rings. The summed E-state index contributed by atoms with van der Waals surface area (Å²) in [5, 5.41) is 10.3. The highest BCUT2D eigenvalue weighted by molar-refractivity contribution is 9.08. The second kappa shape index (κ2) is 3.80. The number of nitro groups is 1. The van der Waals surface area contributed by atoms with Crippen molar-refractivity contribution in [1.29, 1.82) is 0 Å². The van der Waals surface area contributed by atoms with E-state index in [4.69, 9.17) is 0 Å². The SMILES string of the molecule is Cn1c(C(F)(F)F)nc([N+](=O)[O-])c1CBr. The summed E-state index contributed by atoms with van der Waals surface area (Å²) in [4.78, 5) is 12.4. The molecule has 84 valence electrons. The Morgan fingerprint density at radius 2 is 2.13 bits per heavy atom. The van der Waals surface area contributed by atoms with Gasteiger partial charge in [-0.15, -0.1) is 0 Å². The zero-order chi connectivity index (χ0) is 11.8. The number of hydrogen-bond acceptors (Lipinski definition) is 3. The average molecular weight is 288 g/mol. The monoisotopic (exact) mass is 287 g/mol. The second-order valence-corrected chi connectivity index (χ2v) is 3.21. The maximum atomic E-state index is 12.3. The molecule has 1 heterocycles. The molecule has 0 atom stereocenters. The lowest BCUT2D eigenvalue weighted by atomic mass is 10.5. The van der Waals surface area contributed by atoms with Crippen LogP contribution in [0.15, 0.2) is 0 Å². The first-order valence-corrected chi connectivity index (χ1v) is 4.74.